The zero-order chi connectivity index (χ0) is 19.2. The van der Waals surface area contributed by atoms with Crippen LogP contribution in [0.3, 0.4) is 0 Å². The van der Waals surface area contributed by atoms with Crippen molar-refractivity contribution in [2.75, 3.05) is 19.7 Å². The molecule has 0 spiro atoms. The Balaban J connectivity index is 1.39. The van der Waals surface area contributed by atoms with Crippen molar-refractivity contribution in [2.45, 2.75) is 25.4 Å². The molecule has 27 heavy (non-hydrogen) atoms. The van der Waals surface area contributed by atoms with E-state index in [0.717, 1.165) is 43.6 Å². The van der Waals surface area contributed by atoms with Crippen LogP contribution in [-0.4, -0.2) is 31.6 Å². The van der Waals surface area contributed by atoms with Gasteiger partial charge in [0, 0.05) is 29.5 Å². The number of amides is 1. The van der Waals surface area contributed by atoms with E-state index in [9.17, 15) is 9.18 Å². The molecule has 2 aromatic carbocycles. The second kappa shape index (κ2) is 9.40. The summed E-state index contributed by atoms with van der Waals surface area (Å²) < 4.78 is 18.4. The maximum absolute atomic E-state index is 13.0. The SMILES string of the molecule is O=C(COc1ccc(F)cc1Cl)NC1CC[NH+](Cc2ccc(Cl)cc2)CC1. The zero-order valence-corrected chi connectivity index (χ0v) is 16.3. The first-order valence-corrected chi connectivity index (χ1v) is 9.70. The number of benzene rings is 2. The quantitative estimate of drug-likeness (QED) is 0.767. The minimum absolute atomic E-state index is 0.136. The van der Waals surface area contributed by atoms with Gasteiger partial charge in [0.1, 0.15) is 18.1 Å². The molecule has 0 bridgehead atoms. The molecule has 1 heterocycles. The molecule has 2 aromatic rings. The van der Waals surface area contributed by atoms with E-state index < -0.39 is 5.82 Å². The standard InChI is InChI=1S/C20H21Cl2FN2O2/c21-15-3-1-14(2-4-15)12-25-9-7-17(8-10-25)24-20(26)13-27-19-6-5-16(23)11-18(19)22/h1-6,11,17H,7-10,12-13H2,(H,24,26)/p+1. The summed E-state index contributed by atoms with van der Waals surface area (Å²) in [4.78, 5) is 13.6. The summed E-state index contributed by atoms with van der Waals surface area (Å²) in [5.41, 5.74) is 1.27. The summed E-state index contributed by atoms with van der Waals surface area (Å²) in [5.74, 6) is -0.332. The van der Waals surface area contributed by atoms with Gasteiger partial charge in [-0.25, -0.2) is 4.39 Å². The summed E-state index contributed by atoms with van der Waals surface area (Å²) in [7, 11) is 0. The van der Waals surface area contributed by atoms with Crippen LogP contribution in [0.25, 0.3) is 0 Å². The van der Waals surface area contributed by atoms with E-state index in [1.165, 1.54) is 22.6 Å². The van der Waals surface area contributed by atoms with Gasteiger partial charge in [-0.2, -0.15) is 0 Å². The lowest BCUT2D eigenvalue weighted by atomic mass is 10.0. The first-order chi connectivity index (χ1) is 13.0. The lowest BCUT2D eigenvalue weighted by Gasteiger charge is -2.29. The lowest BCUT2D eigenvalue weighted by molar-refractivity contribution is -0.918. The minimum atomic E-state index is -0.440. The van der Waals surface area contributed by atoms with Crippen LogP contribution in [0.5, 0.6) is 5.75 Å². The molecule has 0 unspecified atom stereocenters. The Kier molecular flexibility index (Phi) is 6.94. The number of piperidine rings is 1. The molecule has 1 amide bonds. The van der Waals surface area contributed by atoms with Crippen LogP contribution < -0.4 is 15.0 Å². The number of carbonyl (C=O) groups excluding carboxylic acids is 1. The van der Waals surface area contributed by atoms with E-state index in [4.69, 9.17) is 27.9 Å². The molecule has 0 saturated carbocycles. The molecule has 144 valence electrons. The highest BCUT2D eigenvalue weighted by Gasteiger charge is 2.23. The van der Waals surface area contributed by atoms with Crippen molar-refractivity contribution in [3.63, 3.8) is 0 Å². The molecule has 1 fully saturated rings. The van der Waals surface area contributed by atoms with Crippen LogP contribution in [-0.2, 0) is 11.3 Å². The molecule has 0 aromatic heterocycles. The fourth-order valence-electron chi connectivity index (χ4n) is 3.24. The topological polar surface area (TPSA) is 42.8 Å². The molecular weight excluding hydrogens is 390 g/mol. The zero-order valence-electron chi connectivity index (χ0n) is 14.8. The molecule has 1 saturated heterocycles. The predicted molar refractivity (Wildman–Crippen MR) is 104 cm³/mol. The van der Waals surface area contributed by atoms with Gasteiger partial charge in [-0.3, -0.25) is 4.79 Å². The Morgan fingerprint density at radius 1 is 1.15 bits per heavy atom. The summed E-state index contributed by atoms with van der Waals surface area (Å²) in [5, 5.41) is 3.90. The van der Waals surface area contributed by atoms with Crippen molar-refractivity contribution < 1.29 is 18.8 Å². The van der Waals surface area contributed by atoms with Gasteiger partial charge in [-0.1, -0.05) is 35.3 Å². The summed E-state index contributed by atoms with van der Waals surface area (Å²) in [6, 6.07) is 11.9. The van der Waals surface area contributed by atoms with E-state index >= 15 is 0 Å². The number of ether oxygens (including phenoxy) is 1. The first kappa shape index (κ1) is 19.9. The van der Waals surface area contributed by atoms with Gasteiger partial charge in [-0.05, 0) is 30.3 Å². The molecule has 0 aliphatic carbocycles. The smallest absolute Gasteiger partial charge is 0.258 e. The second-order valence-corrected chi connectivity index (χ2v) is 7.60. The molecule has 4 nitrogen and oxygen atoms in total. The average molecular weight is 412 g/mol. The van der Waals surface area contributed by atoms with Crippen molar-refractivity contribution in [2.24, 2.45) is 0 Å². The minimum Gasteiger partial charge on any atom is -0.482 e. The van der Waals surface area contributed by atoms with E-state index in [1.807, 2.05) is 12.1 Å². The van der Waals surface area contributed by atoms with Crippen LogP contribution in [0.4, 0.5) is 4.39 Å². The van der Waals surface area contributed by atoms with E-state index in [0.29, 0.717) is 5.75 Å². The average Bonchev–Trinajstić information content (AvgIpc) is 2.64. The summed E-state index contributed by atoms with van der Waals surface area (Å²) in [6.07, 6.45) is 1.85. The van der Waals surface area contributed by atoms with Gasteiger partial charge >= 0.3 is 0 Å². The van der Waals surface area contributed by atoms with Crippen molar-refractivity contribution in [3.8, 4) is 5.75 Å². The summed E-state index contributed by atoms with van der Waals surface area (Å²) in [6.45, 7) is 2.82. The maximum Gasteiger partial charge on any atom is 0.258 e. The number of carbonyl (C=O) groups is 1. The van der Waals surface area contributed by atoms with E-state index in [1.54, 1.807) is 0 Å². The normalized spacial score (nSPS) is 19.5. The summed E-state index contributed by atoms with van der Waals surface area (Å²) >= 11 is 11.8. The van der Waals surface area contributed by atoms with Gasteiger partial charge in [0.25, 0.3) is 5.91 Å². The number of likely N-dealkylation sites (tertiary alicyclic amines) is 1. The number of halogens is 3. The van der Waals surface area contributed by atoms with E-state index in [-0.39, 0.29) is 23.6 Å². The van der Waals surface area contributed by atoms with Gasteiger partial charge in [-0.15, -0.1) is 0 Å². The fraction of sp³-hybridized carbons (Fsp3) is 0.350. The molecule has 7 heteroatoms. The van der Waals surface area contributed by atoms with Crippen LogP contribution >= 0.6 is 23.2 Å². The molecule has 0 atom stereocenters. The molecular formula is C20H22Cl2FN2O2+. The van der Waals surface area contributed by atoms with Gasteiger partial charge < -0.3 is 15.0 Å². The number of hydrogen-bond donors (Lipinski definition) is 2. The number of hydrogen-bond acceptors (Lipinski definition) is 2. The molecule has 0 radical (unpaired) electrons. The van der Waals surface area contributed by atoms with Gasteiger partial charge in [0.2, 0.25) is 0 Å². The first-order valence-electron chi connectivity index (χ1n) is 8.95. The Bertz CT molecular complexity index is 778. The molecule has 3 rings (SSSR count). The van der Waals surface area contributed by atoms with Crippen LogP contribution in [0.2, 0.25) is 10.0 Å². The maximum atomic E-state index is 13.0. The Hall–Kier alpha value is -1.82. The van der Waals surface area contributed by atoms with Crippen molar-refractivity contribution in [3.05, 3.63) is 63.9 Å². The van der Waals surface area contributed by atoms with Gasteiger partial charge in [0.15, 0.2) is 6.61 Å². The third kappa shape index (κ3) is 6.09. The molecule has 1 aliphatic rings. The highest BCUT2D eigenvalue weighted by molar-refractivity contribution is 6.32. The largest absolute Gasteiger partial charge is 0.482 e. The fourth-order valence-corrected chi connectivity index (χ4v) is 3.59. The third-order valence-electron chi connectivity index (χ3n) is 4.68. The number of rotatable bonds is 6. The third-order valence-corrected chi connectivity index (χ3v) is 5.23. The van der Waals surface area contributed by atoms with Crippen molar-refractivity contribution >= 4 is 29.1 Å². The highest BCUT2D eigenvalue weighted by atomic mass is 35.5. The Morgan fingerprint density at radius 3 is 2.52 bits per heavy atom. The van der Waals surface area contributed by atoms with E-state index in [2.05, 4.69) is 17.4 Å². The highest BCUT2D eigenvalue weighted by Crippen LogP contribution is 2.24. The monoisotopic (exact) mass is 411 g/mol. The second-order valence-electron chi connectivity index (χ2n) is 6.76. The Labute approximate surface area is 168 Å². The molecule has 1 aliphatic heterocycles. The number of nitrogens with one attached hydrogen (secondary N) is 2. The van der Waals surface area contributed by atoms with Gasteiger partial charge in [0.05, 0.1) is 18.1 Å². The van der Waals surface area contributed by atoms with Crippen LogP contribution in [0.15, 0.2) is 42.5 Å². The van der Waals surface area contributed by atoms with Crippen molar-refractivity contribution in [1.82, 2.24) is 5.32 Å². The van der Waals surface area contributed by atoms with Crippen LogP contribution in [0.1, 0.15) is 18.4 Å². The Morgan fingerprint density at radius 2 is 1.85 bits per heavy atom. The van der Waals surface area contributed by atoms with Crippen molar-refractivity contribution in [1.29, 1.82) is 0 Å². The number of quaternary nitrogens is 1. The predicted octanol–water partition coefficient (Wildman–Crippen LogP) is 2.88. The lowest BCUT2D eigenvalue weighted by Crippen LogP contribution is -3.12. The van der Waals surface area contributed by atoms with Crippen LogP contribution in [0, 0.1) is 5.82 Å². The molecule has 2 N–H and O–H groups in total.